The van der Waals surface area contributed by atoms with Gasteiger partial charge in [-0.25, -0.2) is 4.68 Å². The van der Waals surface area contributed by atoms with Gasteiger partial charge in [-0.1, -0.05) is 95.1 Å². The molecule has 0 spiro atoms. The molecule has 0 atom stereocenters. The largest absolute Gasteiger partial charge is 0.493 e. The summed E-state index contributed by atoms with van der Waals surface area (Å²) in [5, 5.41) is 4.91. The second-order valence-electron chi connectivity index (χ2n) is 10.0. The van der Waals surface area contributed by atoms with Crippen molar-refractivity contribution in [3.8, 4) is 22.7 Å². The van der Waals surface area contributed by atoms with Gasteiger partial charge in [-0.05, 0) is 54.8 Å². The van der Waals surface area contributed by atoms with Crippen LogP contribution in [0.1, 0.15) is 64.9 Å². The van der Waals surface area contributed by atoms with E-state index in [0.717, 1.165) is 41.1 Å². The lowest BCUT2D eigenvalue weighted by molar-refractivity contribution is -0.122. The van der Waals surface area contributed by atoms with Gasteiger partial charge in [0.05, 0.1) is 22.9 Å². The number of aromatic nitrogens is 2. The monoisotopic (exact) mass is 547 g/mol. The molecule has 5 nitrogen and oxygen atoms in total. The number of rotatable bonds is 13. The van der Waals surface area contributed by atoms with Crippen LogP contribution in [-0.2, 0) is 4.79 Å². The van der Waals surface area contributed by atoms with E-state index in [1.54, 1.807) is 4.90 Å². The first-order chi connectivity index (χ1) is 18.5. The highest BCUT2D eigenvalue weighted by molar-refractivity contribution is 8.26. The van der Waals surface area contributed by atoms with Crippen LogP contribution in [0, 0.1) is 5.92 Å². The second kappa shape index (κ2) is 13.8. The second-order valence-corrected chi connectivity index (χ2v) is 11.7. The van der Waals surface area contributed by atoms with Crippen molar-refractivity contribution in [2.24, 2.45) is 5.92 Å². The summed E-state index contributed by atoms with van der Waals surface area (Å²) in [6, 6.07) is 18.0. The molecule has 0 radical (unpaired) electrons. The summed E-state index contributed by atoms with van der Waals surface area (Å²) in [7, 11) is 0. The Hall–Kier alpha value is -2.90. The van der Waals surface area contributed by atoms with E-state index in [-0.39, 0.29) is 5.91 Å². The van der Waals surface area contributed by atoms with Crippen molar-refractivity contribution in [2.75, 3.05) is 13.2 Å². The molecule has 38 heavy (non-hydrogen) atoms. The van der Waals surface area contributed by atoms with Crippen molar-refractivity contribution in [3.05, 3.63) is 71.3 Å². The van der Waals surface area contributed by atoms with Crippen LogP contribution in [0.5, 0.6) is 5.75 Å². The molecule has 1 aromatic heterocycles. The van der Waals surface area contributed by atoms with Gasteiger partial charge in [-0.3, -0.25) is 9.69 Å². The number of thioether (sulfide) groups is 1. The fourth-order valence-electron chi connectivity index (χ4n) is 4.29. The number of hydrogen-bond acceptors (Lipinski definition) is 5. The van der Waals surface area contributed by atoms with Gasteiger partial charge in [0.15, 0.2) is 0 Å². The molecule has 1 aliphatic heterocycles. The average Bonchev–Trinajstić information content (AvgIpc) is 3.46. The Labute approximate surface area is 236 Å². The summed E-state index contributed by atoms with van der Waals surface area (Å²) in [6.07, 6.45) is 11.0. The van der Waals surface area contributed by atoms with Crippen molar-refractivity contribution in [1.29, 1.82) is 0 Å². The van der Waals surface area contributed by atoms with Crippen LogP contribution in [0.4, 0.5) is 0 Å². The lowest BCUT2D eigenvalue weighted by atomic mass is 10.1. The van der Waals surface area contributed by atoms with Gasteiger partial charge in [0.25, 0.3) is 5.91 Å². The number of amides is 1. The number of unbranched alkanes of at least 4 members (excludes halogenated alkanes) is 5. The van der Waals surface area contributed by atoms with Gasteiger partial charge >= 0.3 is 0 Å². The minimum Gasteiger partial charge on any atom is -0.493 e. The first-order valence-electron chi connectivity index (χ1n) is 13.6. The molecule has 0 saturated carbocycles. The van der Waals surface area contributed by atoms with Crippen molar-refractivity contribution < 1.29 is 9.53 Å². The highest BCUT2D eigenvalue weighted by atomic mass is 32.2. The zero-order valence-corrected chi connectivity index (χ0v) is 24.2. The molecule has 3 aromatic rings. The summed E-state index contributed by atoms with van der Waals surface area (Å²) in [6.45, 7) is 7.84. The third-order valence-corrected chi connectivity index (χ3v) is 7.75. The fraction of sp³-hybridized carbons (Fsp3) is 0.387. The van der Waals surface area contributed by atoms with Crippen LogP contribution in [0.15, 0.2) is 65.7 Å². The summed E-state index contributed by atoms with van der Waals surface area (Å²) < 4.78 is 8.36. The lowest BCUT2D eigenvalue weighted by Crippen LogP contribution is -2.29. The maximum absolute atomic E-state index is 13.3. The lowest BCUT2D eigenvalue weighted by Gasteiger charge is -2.14. The van der Waals surface area contributed by atoms with E-state index in [9.17, 15) is 4.79 Å². The molecule has 4 rings (SSSR count). The van der Waals surface area contributed by atoms with Crippen LogP contribution in [0.2, 0.25) is 0 Å². The first kappa shape index (κ1) is 28.1. The van der Waals surface area contributed by atoms with Crippen molar-refractivity contribution in [1.82, 2.24) is 14.7 Å². The third kappa shape index (κ3) is 7.35. The Morgan fingerprint density at radius 3 is 2.42 bits per heavy atom. The molecule has 200 valence electrons. The molecule has 0 bridgehead atoms. The van der Waals surface area contributed by atoms with E-state index < -0.39 is 0 Å². The number of ether oxygens (including phenoxy) is 1. The number of carbonyl (C=O) groups is 1. The smallest absolute Gasteiger partial charge is 0.266 e. The SMILES string of the molecule is CCCCCCCCN1C(=O)C(=Cc2cn(-c3ccccc3)nc2-c2ccc(OCC(C)C)cc2)SC1=S. The predicted molar refractivity (Wildman–Crippen MR) is 163 cm³/mol. The maximum atomic E-state index is 13.3. The molecule has 2 heterocycles. The minimum absolute atomic E-state index is 0.00981. The standard InChI is InChI=1S/C31H37N3O2S2/c1-4-5-6-7-8-12-19-33-30(35)28(38-31(33)37)20-25-21-34(26-13-10-9-11-14-26)32-29(25)24-15-17-27(18-16-24)36-22-23(2)3/h9-11,13-18,20-21,23H,4-8,12,19,22H2,1-3H3. The van der Waals surface area contributed by atoms with Crippen LogP contribution < -0.4 is 4.74 Å². The zero-order chi connectivity index (χ0) is 26.9. The molecular weight excluding hydrogens is 510 g/mol. The van der Waals surface area contributed by atoms with Crippen LogP contribution in [0.25, 0.3) is 23.0 Å². The molecule has 0 N–H and O–H groups in total. The summed E-state index contributed by atoms with van der Waals surface area (Å²) >= 11 is 6.97. The van der Waals surface area contributed by atoms with Gasteiger partial charge in [0.2, 0.25) is 0 Å². The van der Waals surface area contributed by atoms with Gasteiger partial charge in [0.1, 0.15) is 10.1 Å². The molecule has 1 saturated heterocycles. The molecule has 1 fully saturated rings. The van der Waals surface area contributed by atoms with Gasteiger partial charge in [0, 0.05) is 23.9 Å². The van der Waals surface area contributed by atoms with Crippen molar-refractivity contribution >= 4 is 40.3 Å². The Kier molecular flexibility index (Phi) is 10.2. The average molecular weight is 548 g/mol. The van der Waals surface area contributed by atoms with E-state index in [2.05, 4.69) is 20.8 Å². The van der Waals surface area contributed by atoms with Crippen LogP contribution in [-0.4, -0.2) is 38.1 Å². The van der Waals surface area contributed by atoms with Gasteiger partial charge in [-0.2, -0.15) is 5.10 Å². The highest BCUT2D eigenvalue weighted by Gasteiger charge is 2.32. The molecule has 0 aliphatic carbocycles. The van der Waals surface area contributed by atoms with E-state index in [1.807, 2.05) is 71.6 Å². The molecule has 1 amide bonds. The van der Waals surface area contributed by atoms with E-state index in [1.165, 1.54) is 37.4 Å². The first-order valence-corrected chi connectivity index (χ1v) is 14.8. The summed E-state index contributed by atoms with van der Waals surface area (Å²) in [5.74, 6) is 1.29. The number of hydrogen-bond donors (Lipinski definition) is 0. The van der Waals surface area contributed by atoms with Gasteiger partial charge in [-0.15, -0.1) is 0 Å². The Morgan fingerprint density at radius 1 is 1.00 bits per heavy atom. The minimum atomic E-state index is -0.00981. The van der Waals surface area contributed by atoms with Crippen LogP contribution >= 0.6 is 24.0 Å². The summed E-state index contributed by atoms with van der Waals surface area (Å²) in [5.41, 5.74) is 3.61. The Bertz CT molecular complexity index is 1250. The normalized spacial score (nSPS) is 14.7. The number of carbonyl (C=O) groups excluding carboxylic acids is 1. The van der Waals surface area contributed by atoms with Crippen molar-refractivity contribution in [3.63, 3.8) is 0 Å². The maximum Gasteiger partial charge on any atom is 0.266 e. The summed E-state index contributed by atoms with van der Waals surface area (Å²) in [4.78, 5) is 15.7. The molecule has 7 heteroatoms. The molecule has 2 aromatic carbocycles. The van der Waals surface area contributed by atoms with E-state index in [0.29, 0.717) is 28.3 Å². The number of thiocarbonyl (C=S) groups is 1. The number of para-hydroxylation sites is 1. The quantitative estimate of drug-likeness (QED) is 0.123. The fourth-order valence-corrected chi connectivity index (χ4v) is 5.59. The van der Waals surface area contributed by atoms with E-state index in [4.69, 9.17) is 22.1 Å². The van der Waals surface area contributed by atoms with E-state index >= 15 is 0 Å². The third-order valence-electron chi connectivity index (χ3n) is 6.37. The zero-order valence-electron chi connectivity index (χ0n) is 22.6. The number of nitrogens with zero attached hydrogens (tertiary/aromatic N) is 3. The van der Waals surface area contributed by atoms with Crippen molar-refractivity contribution in [2.45, 2.75) is 59.3 Å². The molecule has 1 aliphatic rings. The van der Waals surface area contributed by atoms with Gasteiger partial charge < -0.3 is 4.74 Å². The van der Waals surface area contributed by atoms with Crippen LogP contribution in [0.3, 0.4) is 0 Å². The predicted octanol–water partition coefficient (Wildman–Crippen LogP) is 8.14. The highest BCUT2D eigenvalue weighted by Crippen LogP contribution is 2.35. The topological polar surface area (TPSA) is 47.4 Å². The molecular formula is C31H37N3O2S2. The molecule has 0 unspecified atom stereocenters. The Morgan fingerprint density at radius 2 is 1.71 bits per heavy atom. The number of benzene rings is 2. The Balaban J connectivity index is 1.56.